The SMILES string of the molecule is CCOc1c(Br)cc(Br)cc1C=C1SC(NC(C)=O)=NC1=O. The first kappa shape index (κ1) is 17.2. The van der Waals surface area contributed by atoms with Crippen LogP contribution in [-0.4, -0.2) is 23.6 Å². The fraction of sp³-hybridized carbons (Fsp3) is 0.214. The highest BCUT2D eigenvalue weighted by atomic mass is 79.9. The van der Waals surface area contributed by atoms with Crippen molar-refractivity contribution in [2.24, 2.45) is 4.99 Å². The van der Waals surface area contributed by atoms with Crippen LogP contribution in [0.15, 0.2) is 31.0 Å². The van der Waals surface area contributed by atoms with Crippen molar-refractivity contribution >= 4 is 66.7 Å². The molecule has 0 saturated heterocycles. The summed E-state index contributed by atoms with van der Waals surface area (Å²) in [5.74, 6) is 0.00683. The third-order valence-electron chi connectivity index (χ3n) is 2.52. The maximum atomic E-state index is 11.9. The Labute approximate surface area is 148 Å². The van der Waals surface area contributed by atoms with Crippen molar-refractivity contribution in [3.8, 4) is 5.75 Å². The average Bonchev–Trinajstić information content (AvgIpc) is 2.73. The molecule has 0 saturated carbocycles. The molecule has 0 fully saturated rings. The van der Waals surface area contributed by atoms with Gasteiger partial charge in [-0.15, -0.1) is 0 Å². The van der Waals surface area contributed by atoms with Gasteiger partial charge < -0.3 is 10.1 Å². The van der Waals surface area contributed by atoms with E-state index in [1.54, 1.807) is 6.08 Å². The average molecular weight is 448 g/mol. The highest BCUT2D eigenvalue weighted by Gasteiger charge is 2.23. The lowest BCUT2D eigenvalue weighted by atomic mass is 10.2. The van der Waals surface area contributed by atoms with Crippen LogP contribution in [0.25, 0.3) is 6.08 Å². The predicted octanol–water partition coefficient (Wildman–Crippen LogP) is 3.72. The molecule has 5 nitrogen and oxygen atoms in total. The summed E-state index contributed by atoms with van der Waals surface area (Å²) in [6, 6.07) is 3.73. The molecule has 0 unspecified atom stereocenters. The van der Waals surface area contributed by atoms with Crippen LogP contribution in [0.2, 0.25) is 0 Å². The van der Waals surface area contributed by atoms with E-state index in [1.807, 2.05) is 19.1 Å². The number of thioether (sulfide) groups is 1. The van der Waals surface area contributed by atoms with Gasteiger partial charge in [-0.05, 0) is 52.8 Å². The zero-order chi connectivity index (χ0) is 16.3. The number of nitrogens with zero attached hydrogens (tertiary/aromatic N) is 1. The quantitative estimate of drug-likeness (QED) is 0.717. The van der Waals surface area contributed by atoms with E-state index in [-0.39, 0.29) is 17.0 Å². The Morgan fingerprint density at radius 1 is 1.45 bits per heavy atom. The minimum atomic E-state index is -0.382. The molecule has 1 aromatic rings. The van der Waals surface area contributed by atoms with Crippen LogP contribution in [0.1, 0.15) is 19.4 Å². The van der Waals surface area contributed by atoms with Crippen LogP contribution in [0, 0.1) is 0 Å². The molecule has 116 valence electrons. The maximum Gasteiger partial charge on any atom is 0.286 e. The van der Waals surface area contributed by atoms with E-state index in [9.17, 15) is 9.59 Å². The number of nitrogens with one attached hydrogen (secondary N) is 1. The number of carbonyl (C=O) groups is 2. The summed E-state index contributed by atoms with van der Waals surface area (Å²) in [6.07, 6.45) is 1.70. The molecule has 0 atom stereocenters. The molecule has 0 bridgehead atoms. The van der Waals surface area contributed by atoms with Gasteiger partial charge in [0, 0.05) is 17.0 Å². The summed E-state index contributed by atoms with van der Waals surface area (Å²) in [7, 11) is 0. The number of aliphatic imine (C=N–C) groups is 1. The molecule has 22 heavy (non-hydrogen) atoms. The number of benzene rings is 1. The van der Waals surface area contributed by atoms with Gasteiger partial charge in [-0.2, -0.15) is 4.99 Å². The summed E-state index contributed by atoms with van der Waals surface area (Å²) in [5, 5.41) is 2.80. The van der Waals surface area contributed by atoms with E-state index in [0.717, 1.165) is 26.3 Å². The summed E-state index contributed by atoms with van der Waals surface area (Å²) in [4.78, 5) is 27.2. The smallest absolute Gasteiger partial charge is 0.286 e. The first-order valence-corrected chi connectivity index (χ1v) is 8.73. The zero-order valence-electron chi connectivity index (χ0n) is 11.8. The number of halogens is 2. The van der Waals surface area contributed by atoms with Crippen LogP contribution < -0.4 is 10.1 Å². The Kier molecular flexibility index (Phi) is 5.82. The van der Waals surface area contributed by atoms with E-state index in [1.165, 1.54) is 6.92 Å². The highest BCUT2D eigenvalue weighted by Crippen LogP contribution is 2.36. The number of ether oxygens (including phenoxy) is 1. The first-order valence-electron chi connectivity index (χ1n) is 6.32. The molecule has 0 radical (unpaired) electrons. The standard InChI is InChI=1S/C14H12Br2N2O3S/c1-3-21-12-8(4-9(15)6-10(12)16)5-11-13(20)18-14(22-11)17-7(2)19/h4-6H,3H2,1-2H3,(H,17,18,19,20). The van der Waals surface area contributed by atoms with Gasteiger partial charge in [0.15, 0.2) is 5.17 Å². The molecule has 1 aromatic carbocycles. The molecule has 8 heteroatoms. The van der Waals surface area contributed by atoms with Crippen molar-refractivity contribution in [3.63, 3.8) is 0 Å². The van der Waals surface area contributed by atoms with Crippen LogP contribution in [0.5, 0.6) is 5.75 Å². The van der Waals surface area contributed by atoms with Crippen molar-refractivity contribution in [2.45, 2.75) is 13.8 Å². The second kappa shape index (κ2) is 7.43. The molecule has 2 rings (SSSR count). The monoisotopic (exact) mass is 446 g/mol. The van der Waals surface area contributed by atoms with Gasteiger partial charge in [0.25, 0.3) is 5.91 Å². The molecule has 0 aliphatic carbocycles. The Morgan fingerprint density at radius 2 is 2.18 bits per heavy atom. The molecule has 1 N–H and O–H groups in total. The molecular formula is C14H12Br2N2O3S. The number of amidine groups is 1. The number of rotatable bonds is 3. The van der Waals surface area contributed by atoms with Crippen LogP contribution in [0.4, 0.5) is 0 Å². The van der Waals surface area contributed by atoms with Crippen molar-refractivity contribution in [2.75, 3.05) is 6.61 Å². The topological polar surface area (TPSA) is 67.8 Å². The number of hydrogen-bond donors (Lipinski definition) is 1. The third-order valence-corrected chi connectivity index (χ3v) is 4.46. The van der Waals surface area contributed by atoms with Crippen LogP contribution in [0.3, 0.4) is 0 Å². The van der Waals surface area contributed by atoms with Gasteiger partial charge in [0.2, 0.25) is 5.91 Å². The molecule has 1 aliphatic heterocycles. The fourth-order valence-electron chi connectivity index (χ4n) is 1.74. The van der Waals surface area contributed by atoms with E-state index < -0.39 is 0 Å². The lowest BCUT2D eigenvalue weighted by Gasteiger charge is -2.10. The molecule has 2 amide bonds. The van der Waals surface area contributed by atoms with Gasteiger partial charge in [0.05, 0.1) is 16.0 Å². The van der Waals surface area contributed by atoms with Crippen molar-refractivity contribution in [1.82, 2.24) is 5.32 Å². The molecular weight excluding hydrogens is 436 g/mol. The Morgan fingerprint density at radius 3 is 2.82 bits per heavy atom. The summed E-state index contributed by atoms with van der Waals surface area (Å²) in [6.45, 7) is 3.76. The molecule has 1 heterocycles. The highest BCUT2D eigenvalue weighted by molar-refractivity contribution is 9.11. The largest absolute Gasteiger partial charge is 0.492 e. The van der Waals surface area contributed by atoms with Gasteiger partial charge in [0.1, 0.15) is 5.75 Å². The lowest BCUT2D eigenvalue weighted by Crippen LogP contribution is -2.23. The molecule has 0 aromatic heterocycles. The number of hydrogen-bond acceptors (Lipinski definition) is 4. The second-order valence-electron chi connectivity index (χ2n) is 4.25. The second-order valence-corrected chi connectivity index (χ2v) is 7.05. The van der Waals surface area contributed by atoms with Crippen molar-refractivity contribution in [1.29, 1.82) is 0 Å². The summed E-state index contributed by atoms with van der Waals surface area (Å²) >= 11 is 7.99. The minimum Gasteiger partial charge on any atom is -0.492 e. The lowest BCUT2D eigenvalue weighted by molar-refractivity contribution is -0.117. The zero-order valence-corrected chi connectivity index (χ0v) is 15.8. The van der Waals surface area contributed by atoms with E-state index in [4.69, 9.17) is 4.74 Å². The van der Waals surface area contributed by atoms with Crippen LogP contribution in [-0.2, 0) is 9.59 Å². The van der Waals surface area contributed by atoms with E-state index >= 15 is 0 Å². The Bertz CT molecular complexity index is 702. The number of carbonyl (C=O) groups excluding carboxylic acids is 2. The van der Waals surface area contributed by atoms with Gasteiger partial charge in [-0.25, -0.2) is 0 Å². The summed E-state index contributed by atoms with van der Waals surface area (Å²) in [5.41, 5.74) is 0.748. The maximum absolute atomic E-state index is 11.9. The Hall–Kier alpha value is -1.12. The van der Waals surface area contributed by atoms with E-state index in [2.05, 4.69) is 42.2 Å². The van der Waals surface area contributed by atoms with Crippen LogP contribution >= 0.6 is 43.6 Å². The van der Waals surface area contributed by atoms with Gasteiger partial charge >= 0.3 is 0 Å². The van der Waals surface area contributed by atoms with Gasteiger partial charge in [-0.3, -0.25) is 9.59 Å². The molecule has 0 spiro atoms. The molecule has 1 aliphatic rings. The predicted molar refractivity (Wildman–Crippen MR) is 94.8 cm³/mol. The fourth-order valence-corrected chi connectivity index (χ4v) is 3.96. The summed E-state index contributed by atoms with van der Waals surface area (Å²) < 4.78 is 7.26. The number of amides is 2. The Balaban J connectivity index is 2.34. The minimum absolute atomic E-state index is 0.263. The van der Waals surface area contributed by atoms with Gasteiger partial charge in [-0.1, -0.05) is 15.9 Å². The van der Waals surface area contributed by atoms with Crippen molar-refractivity contribution < 1.29 is 14.3 Å². The van der Waals surface area contributed by atoms with E-state index in [0.29, 0.717) is 17.3 Å². The first-order chi connectivity index (χ1) is 10.4. The normalized spacial score (nSPS) is 15.9. The van der Waals surface area contributed by atoms with Crippen molar-refractivity contribution in [3.05, 3.63) is 31.5 Å². The third kappa shape index (κ3) is 4.21.